The molecular formula is C14H19NO. The molecule has 0 saturated heterocycles. The Morgan fingerprint density at radius 3 is 2.44 bits per heavy atom. The van der Waals surface area contributed by atoms with Crippen molar-refractivity contribution in [2.75, 3.05) is 7.11 Å². The van der Waals surface area contributed by atoms with E-state index in [1.807, 2.05) is 6.92 Å². The number of hydrogen-bond donors (Lipinski definition) is 0. The number of nitriles is 1. The molecule has 1 atom stereocenters. The molecule has 1 aromatic carbocycles. The summed E-state index contributed by atoms with van der Waals surface area (Å²) in [5.41, 5.74) is 3.62. The fourth-order valence-electron chi connectivity index (χ4n) is 1.75. The summed E-state index contributed by atoms with van der Waals surface area (Å²) in [4.78, 5) is 0. The molecule has 0 spiro atoms. The van der Waals surface area contributed by atoms with Crippen LogP contribution in [0.3, 0.4) is 0 Å². The maximum Gasteiger partial charge on any atom is 0.122 e. The first-order valence-electron chi connectivity index (χ1n) is 5.66. The van der Waals surface area contributed by atoms with Gasteiger partial charge in [0.2, 0.25) is 0 Å². The monoisotopic (exact) mass is 217 g/mol. The van der Waals surface area contributed by atoms with E-state index in [-0.39, 0.29) is 5.92 Å². The molecule has 1 rings (SSSR count). The van der Waals surface area contributed by atoms with E-state index in [1.54, 1.807) is 7.11 Å². The highest BCUT2D eigenvalue weighted by Gasteiger charge is 2.11. The Morgan fingerprint density at radius 2 is 1.94 bits per heavy atom. The van der Waals surface area contributed by atoms with Gasteiger partial charge >= 0.3 is 0 Å². The minimum absolute atomic E-state index is 0.0796. The van der Waals surface area contributed by atoms with Crippen molar-refractivity contribution < 1.29 is 4.74 Å². The molecule has 1 unspecified atom stereocenters. The van der Waals surface area contributed by atoms with Gasteiger partial charge in [-0.3, -0.25) is 0 Å². The van der Waals surface area contributed by atoms with Crippen molar-refractivity contribution in [3.05, 3.63) is 28.8 Å². The molecule has 16 heavy (non-hydrogen) atoms. The molecule has 1 aromatic rings. The Kier molecular flexibility index (Phi) is 4.37. The van der Waals surface area contributed by atoms with Gasteiger partial charge in [0.1, 0.15) is 5.75 Å². The normalized spacial score (nSPS) is 11.9. The van der Waals surface area contributed by atoms with Crippen molar-refractivity contribution in [1.29, 1.82) is 5.26 Å². The maximum absolute atomic E-state index is 8.98. The first kappa shape index (κ1) is 12.6. The third kappa shape index (κ3) is 2.76. The highest BCUT2D eigenvalue weighted by atomic mass is 16.5. The van der Waals surface area contributed by atoms with Crippen LogP contribution in [0, 0.1) is 31.1 Å². The van der Waals surface area contributed by atoms with E-state index in [0.717, 1.165) is 24.2 Å². The molecule has 0 amide bonds. The molecule has 0 saturated carbocycles. The van der Waals surface area contributed by atoms with E-state index < -0.39 is 0 Å². The van der Waals surface area contributed by atoms with Crippen LogP contribution in [0.25, 0.3) is 0 Å². The zero-order chi connectivity index (χ0) is 12.1. The van der Waals surface area contributed by atoms with Crippen LogP contribution in [-0.2, 0) is 6.42 Å². The lowest BCUT2D eigenvalue weighted by Gasteiger charge is -2.13. The van der Waals surface area contributed by atoms with Crippen LogP contribution in [-0.4, -0.2) is 7.11 Å². The zero-order valence-electron chi connectivity index (χ0n) is 10.5. The van der Waals surface area contributed by atoms with Gasteiger partial charge in [-0.2, -0.15) is 5.26 Å². The van der Waals surface area contributed by atoms with Gasteiger partial charge in [0, 0.05) is 0 Å². The second-order valence-corrected chi connectivity index (χ2v) is 4.19. The summed E-state index contributed by atoms with van der Waals surface area (Å²) in [5.74, 6) is 0.979. The highest BCUT2D eigenvalue weighted by Crippen LogP contribution is 2.26. The first-order chi connectivity index (χ1) is 7.62. The van der Waals surface area contributed by atoms with E-state index in [1.165, 1.54) is 11.1 Å². The van der Waals surface area contributed by atoms with E-state index >= 15 is 0 Å². The van der Waals surface area contributed by atoms with Gasteiger partial charge < -0.3 is 4.74 Å². The van der Waals surface area contributed by atoms with Crippen molar-refractivity contribution in [1.82, 2.24) is 0 Å². The van der Waals surface area contributed by atoms with Crippen molar-refractivity contribution >= 4 is 0 Å². The number of methoxy groups -OCH3 is 1. The smallest absolute Gasteiger partial charge is 0.122 e. The van der Waals surface area contributed by atoms with Gasteiger partial charge in [-0.15, -0.1) is 0 Å². The Labute approximate surface area is 97.9 Å². The Bertz CT molecular complexity index is 404. The molecule has 86 valence electrons. The van der Waals surface area contributed by atoms with Gasteiger partial charge in [0.05, 0.1) is 19.1 Å². The van der Waals surface area contributed by atoms with Crippen LogP contribution in [0.1, 0.15) is 30.0 Å². The first-order valence-corrected chi connectivity index (χ1v) is 5.66. The molecule has 0 bridgehead atoms. The molecule has 0 radical (unpaired) electrons. The van der Waals surface area contributed by atoms with E-state index in [2.05, 4.69) is 32.0 Å². The summed E-state index contributed by atoms with van der Waals surface area (Å²) < 4.78 is 5.36. The lowest BCUT2D eigenvalue weighted by molar-refractivity contribution is 0.406. The predicted molar refractivity (Wildman–Crippen MR) is 65.6 cm³/mol. The van der Waals surface area contributed by atoms with Crippen molar-refractivity contribution in [2.24, 2.45) is 5.92 Å². The number of aryl methyl sites for hydroxylation is 2. The van der Waals surface area contributed by atoms with Crippen molar-refractivity contribution in [3.63, 3.8) is 0 Å². The molecular weight excluding hydrogens is 198 g/mol. The zero-order valence-corrected chi connectivity index (χ0v) is 10.5. The summed E-state index contributed by atoms with van der Waals surface area (Å²) in [6.07, 6.45) is 1.66. The molecule has 0 aliphatic rings. The van der Waals surface area contributed by atoms with E-state index in [4.69, 9.17) is 10.00 Å². The largest absolute Gasteiger partial charge is 0.496 e. The summed E-state index contributed by atoms with van der Waals surface area (Å²) >= 11 is 0. The third-order valence-corrected chi connectivity index (χ3v) is 3.04. The van der Waals surface area contributed by atoms with Crippen LogP contribution in [0.4, 0.5) is 0 Å². The summed E-state index contributed by atoms with van der Waals surface area (Å²) in [6.45, 7) is 6.20. The number of rotatable bonds is 4. The van der Waals surface area contributed by atoms with Gasteiger partial charge in [-0.1, -0.05) is 13.0 Å². The van der Waals surface area contributed by atoms with Crippen LogP contribution >= 0.6 is 0 Å². The quantitative estimate of drug-likeness (QED) is 0.774. The number of benzene rings is 1. The Balaban J connectivity index is 3.03. The second kappa shape index (κ2) is 5.55. The Morgan fingerprint density at radius 1 is 1.31 bits per heavy atom. The SMILES string of the molecule is CCC(C#N)Cc1cc(C)c(C)cc1OC. The fraction of sp³-hybridized carbons (Fsp3) is 0.500. The minimum atomic E-state index is 0.0796. The predicted octanol–water partition coefficient (Wildman–Crippen LogP) is 3.40. The number of hydrogen-bond acceptors (Lipinski definition) is 2. The maximum atomic E-state index is 8.98. The lowest BCUT2D eigenvalue weighted by Crippen LogP contribution is -2.03. The topological polar surface area (TPSA) is 33.0 Å². The van der Waals surface area contributed by atoms with E-state index in [0.29, 0.717) is 0 Å². The summed E-state index contributed by atoms with van der Waals surface area (Å²) in [7, 11) is 1.68. The third-order valence-electron chi connectivity index (χ3n) is 3.04. The van der Waals surface area contributed by atoms with E-state index in [9.17, 15) is 0 Å². The fourth-order valence-corrected chi connectivity index (χ4v) is 1.75. The van der Waals surface area contributed by atoms with Crippen LogP contribution < -0.4 is 4.74 Å². The van der Waals surface area contributed by atoms with Gasteiger partial charge in [-0.25, -0.2) is 0 Å². The lowest BCUT2D eigenvalue weighted by atomic mass is 9.95. The average Bonchev–Trinajstić information content (AvgIpc) is 2.29. The molecule has 0 heterocycles. The van der Waals surface area contributed by atoms with Crippen LogP contribution in [0.2, 0.25) is 0 Å². The number of ether oxygens (including phenoxy) is 1. The standard InChI is InChI=1S/C14H19NO/c1-5-12(9-15)8-13-6-10(2)11(3)7-14(13)16-4/h6-7,12H,5,8H2,1-4H3. The molecule has 2 heteroatoms. The molecule has 0 aliphatic heterocycles. The molecule has 0 N–H and O–H groups in total. The van der Waals surface area contributed by atoms with Gasteiger partial charge in [0.25, 0.3) is 0 Å². The van der Waals surface area contributed by atoms with Gasteiger partial charge in [-0.05, 0) is 49.4 Å². The molecule has 0 aliphatic carbocycles. The van der Waals surface area contributed by atoms with Crippen LogP contribution in [0.15, 0.2) is 12.1 Å². The second-order valence-electron chi connectivity index (χ2n) is 4.19. The summed E-state index contributed by atoms with van der Waals surface area (Å²) in [5, 5.41) is 8.98. The highest BCUT2D eigenvalue weighted by molar-refractivity contribution is 5.42. The van der Waals surface area contributed by atoms with Crippen molar-refractivity contribution in [2.45, 2.75) is 33.6 Å². The molecule has 0 aromatic heterocycles. The van der Waals surface area contributed by atoms with Gasteiger partial charge in [0.15, 0.2) is 0 Å². The molecule has 2 nitrogen and oxygen atoms in total. The minimum Gasteiger partial charge on any atom is -0.496 e. The summed E-state index contributed by atoms with van der Waals surface area (Å²) in [6, 6.07) is 6.51. The number of nitrogens with zero attached hydrogens (tertiary/aromatic N) is 1. The van der Waals surface area contributed by atoms with Crippen LogP contribution in [0.5, 0.6) is 5.75 Å². The van der Waals surface area contributed by atoms with Crippen molar-refractivity contribution in [3.8, 4) is 11.8 Å². The molecule has 0 fully saturated rings. The Hall–Kier alpha value is -1.49. The average molecular weight is 217 g/mol.